The molecule has 1 unspecified atom stereocenters. The van der Waals surface area contributed by atoms with Crippen LogP contribution >= 0.6 is 0 Å². The minimum atomic E-state index is -0.0957. The Hall–Kier alpha value is -0.610. The highest BCUT2D eigenvalue weighted by Gasteiger charge is 2.22. The zero-order chi connectivity index (χ0) is 12.7. The molecule has 1 aliphatic rings. The van der Waals surface area contributed by atoms with Gasteiger partial charge in [0.05, 0.1) is 13.2 Å². The number of rotatable bonds is 7. The van der Waals surface area contributed by atoms with Crippen molar-refractivity contribution in [3.8, 4) is 0 Å². The lowest BCUT2D eigenvalue weighted by Crippen LogP contribution is -2.39. The van der Waals surface area contributed by atoms with Crippen molar-refractivity contribution >= 4 is 5.97 Å². The SMILES string of the molecule is CCCCOC(=O)CN(C)CC1CCCN1C. The van der Waals surface area contributed by atoms with Crippen LogP contribution in [-0.2, 0) is 9.53 Å². The minimum absolute atomic E-state index is 0.0957. The fraction of sp³-hybridized carbons (Fsp3) is 0.923. The summed E-state index contributed by atoms with van der Waals surface area (Å²) in [5.41, 5.74) is 0. The maximum Gasteiger partial charge on any atom is 0.320 e. The van der Waals surface area contributed by atoms with Crippen LogP contribution in [0.2, 0.25) is 0 Å². The van der Waals surface area contributed by atoms with Crippen LogP contribution in [-0.4, -0.2) is 62.1 Å². The number of unbranched alkanes of at least 4 members (excludes halogenated alkanes) is 1. The lowest BCUT2D eigenvalue weighted by molar-refractivity contribution is -0.144. The molecule has 1 atom stereocenters. The van der Waals surface area contributed by atoms with E-state index in [0.29, 0.717) is 19.2 Å². The van der Waals surface area contributed by atoms with Crippen molar-refractivity contribution in [2.24, 2.45) is 0 Å². The third-order valence-electron chi connectivity index (χ3n) is 3.35. The first-order valence-electron chi connectivity index (χ1n) is 6.68. The topological polar surface area (TPSA) is 32.8 Å². The van der Waals surface area contributed by atoms with Crippen LogP contribution in [0, 0.1) is 0 Å². The van der Waals surface area contributed by atoms with Gasteiger partial charge in [-0.05, 0) is 39.9 Å². The zero-order valence-corrected chi connectivity index (χ0v) is 11.4. The third kappa shape index (κ3) is 5.50. The number of ether oxygens (including phenoxy) is 1. The van der Waals surface area contributed by atoms with Gasteiger partial charge in [-0.25, -0.2) is 0 Å². The van der Waals surface area contributed by atoms with Crippen LogP contribution in [0.1, 0.15) is 32.6 Å². The molecule has 0 spiro atoms. The van der Waals surface area contributed by atoms with Crippen molar-refractivity contribution in [2.75, 3.05) is 40.3 Å². The fourth-order valence-electron chi connectivity index (χ4n) is 2.23. The van der Waals surface area contributed by atoms with Crippen molar-refractivity contribution in [3.63, 3.8) is 0 Å². The van der Waals surface area contributed by atoms with E-state index < -0.39 is 0 Å². The van der Waals surface area contributed by atoms with E-state index >= 15 is 0 Å². The first-order chi connectivity index (χ1) is 8.13. The van der Waals surface area contributed by atoms with Gasteiger partial charge >= 0.3 is 5.97 Å². The van der Waals surface area contributed by atoms with Gasteiger partial charge in [-0.1, -0.05) is 13.3 Å². The van der Waals surface area contributed by atoms with Gasteiger partial charge < -0.3 is 9.64 Å². The molecule has 17 heavy (non-hydrogen) atoms. The largest absolute Gasteiger partial charge is 0.465 e. The number of nitrogens with zero attached hydrogens (tertiary/aromatic N) is 2. The van der Waals surface area contributed by atoms with Crippen LogP contribution in [0.4, 0.5) is 0 Å². The number of esters is 1. The van der Waals surface area contributed by atoms with E-state index in [0.717, 1.165) is 19.4 Å². The van der Waals surface area contributed by atoms with Crippen LogP contribution in [0.25, 0.3) is 0 Å². The second-order valence-electron chi connectivity index (χ2n) is 5.05. The summed E-state index contributed by atoms with van der Waals surface area (Å²) in [6.07, 6.45) is 4.54. The fourth-order valence-corrected chi connectivity index (χ4v) is 2.23. The Balaban J connectivity index is 2.15. The highest BCUT2D eigenvalue weighted by atomic mass is 16.5. The molecule has 0 aromatic carbocycles. The van der Waals surface area contributed by atoms with Gasteiger partial charge in [0.25, 0.3) is 0 Å². The molecule has 0 bridgehead atoms. The van der Waals surface area contributed by atoms with E-state index in [1.807, 2.05) is 7.05 Å². The van der Waals surface area contributed by atoms with Crippen molar-refractivity contribution < 1.29 is 9.53 Å². The van der Waals surface area contributed by atoms with Gasteiger partial charge in [0.1, 0.15) is 0 Å². The Labute approximate surface area is 105 Å². The van der Waals surface area contributed by atoms with Crippen molar-refractivity contribution in [2.45, 2.75) is 38.6 Å². The predicted molar refractivity (Wildman–Crippen MR) is 69.0 cm³/mol. The van der Waals surface area contributed by atoms with E-state index in [-0.39, 0.29) is 5.97 Å². The van der Waals surface area contributed by atoms with E-state index in [1.165, 1.54) is 19.4 Å². The summed E-state index contributed by atoms with van der Waals surface area (Å²) < 4.78 is 5.15. The molecule has 0 saturated carbocycles. The highest BCUT2D eigenvalue weighted by Crippen LogP contribution is 2.15. The van der Waals surface area contributed by atoms with Gasteiger partial charge in [-0.2, -0.15) is 0 Å². The van der Waals surface area contributed by atoms with Crippen LogP contribution in [0.5, 0.6) is 0 Å². The maximum atomic E-state index is 11.5. The molecule has 4 heteroatoms. The molecule has 100 valence electrons. The molecule has 1 saturated heterocycles. The van der Waals surface area contributed by atoms with E-state index in [9.17, 15) is 4.79 Å². The number of carbonyl (C=O) groups excluding carboxylic acids is 1. The molecule has 0 aliphatic carbocycles. The summed E-state index contributed by atoms with van der Waals surface area (Å²) in [4.78, 5) is 16.0. The molecule has 0 aromatic rings. The molecular formula is C13H26N2O2. The van der Waals surface area contributed by atoms with E-state index in [4.69, 9.17) is 4.74 Å². The van der Waals surface area contributed by atoms with Crippen LogP contribution in [0.15, 0.2) is 0 Å². The van der Waals surface area contributed by atoms with Crippen molar-refractivity contribution in [3.05, 3.63) is 0 Å². The molecule has 4 nitrogen and oxygen atoms in total. The Bertz CT molecular complexity index is 233. The van der Waals surface area contributed by atoms with Crippen LogP contribution in [0.3, 0.4) is 0 Å². The lowest BCUT2D eigenvalue weighted by Gasteiger charge is -2.25. The summed E-state index contributed by atoms with van der Waals surface area (Å²) in [6.45, 7) is 5.20. The number of likely N-dealkylation sites (N-methyl/N-ethyl adjacent to an activating group) is 2. The molecule has 1 heterocycles. The van der Waals surface area contributed by atoms with E-state index in [1.54, 1.807) is 0 Å². The Morgan fingerprint density at radius 2 is 2.29 bits per heavy atom. The quantitative estimate of drug-likeness (QED) is 0.498. The first kappa shape index (κ1) is 14.5. The minimum Gasteiger partial charge on any atom is -0.465 e. The summed E-state index contributed by atoms with van der Waals surface area (Å²) in [5, 5.41) is 0. The molecule has 1 rings (SSSR count). The Kier molecular flexibility index (Phi) is 6.52. The summed E-state index contributed by atoms with van der Waals surface area (Å²) in [6, 6.07) is 0.600. The van der Waals surface area contributed by atoms with Crippen molar-refractivity contribution in [1.82, 2.24) is 9.80 Å². The summed E-state index contributed by atoms with van der Waals surface area (Å²) in [5.74, 6) is -0.0957. The average molecular weight is 242 g/mol. The highest BCUT2D eigenvalue weighted by molar-refractivity contribution is 5.71. The molecule has 0 N–H and O–H groups in total. The summed E-state index contributed by atoms with van der Waals surface area (Å²) >= 11 is 0. The van der Waals surface area contributed by atoms with E-state index in [2.05, 4.69) is 23.8 Å². The molecule has 0 amide bonds. The maximum absolute atomic E-state index is 11.5. The second-order valence-corrected chi connectivity index (χ2v) is 5.05. The average Bonchev–Trinajstić information content (AvgIpc) is 2.64. The Morgan fingerprint density at radius 3 is 2.88 bits per heavy atom. The molecule has 1 aliphatic heterocycles. The summed E-state index contributed by atoms with van der Waals surface area (Å²) in [7, 11) is 4.15. The van der Waals surface area contributed by atoms with Gasteiger partial charge in [-0.15, -0.1) is 0 Å². The zero-order valence-electron chi connectivity index (χ0n) is 11.4. The number of carbonyl (C=O) groups is 1. The third-order valence-corrected chi connectivity index (χ3v) is 3.35. The van der Waals surface area contributed by atoms with Gasteiger partial charge in [0.2, 0.25) is 0 Å². The molecule has 1 fully saturated rings. The second kappa shape index (κ2) is 7.67. The number of hydrogen-bond acceptors (Lipinski definition) is 4. The molecule has 0 aromatic heterocycles. The van der Waals surface area contributed by atoms with Crippen molar-refractivity contribution in [1.29, 1.82) is 0 Å². The monoisotopic (exact) mass is 242 g/mol. The van der Waals surface area contributed by atoms with Crippen LogP contribution < -0.4 is 0 Å². The van der Waals surface area contributed by atoms with Gasteiger partial charge in [-0.3, -0.25) is 9.69 Å². The van der Waals surface area contributed by atoms with Gasteiger partial charge in [0.15, 0.2) is 0 Å². The smallest absolute Gasteiger partial charge is 0.320 e. The van der Waals surface area contributed by atoms with Gasteiger partial charge in [0, 0.05) is 12.6 Å². The standard InChI is InChI=1S/C13H26N2O2/c1-4-5-9-17-13(16)11-14(2)10-12-7-6-8-15(12)3/h12H,4-11H2,1-3H3. The molecule has 0 radical (unpaired) electrons. The predicted octanol–water partition coefficient (Wildman–Crippen LogP) is 1.36. The first-order valence-corrected chi connectivity index (χ1v) is 6.68. The molecular weight excluding hydrogens is 216 g/mol. The Morgan fingerprint density at radius 1 is 1.53 bits per heavy atom. The normalized spacial score (nSPS) is 21.1. The number of hydrogen-bond donors (Lipinski definition) is 0. The number of likely N-dealkylation sites (tertiary alicyclic amines) is 1. The lowest BCUT2D eigenvalue weighted by atomic mass is 10.2.